The Morgan fingerprint density at radius 1 is 0.971 bits per heavy atom. The van der Waals surface area contributed by atoms with Gasteiger partial charge in [-0.2, -0.15) is 0 Å². The zero-order valence-electron chi connectivity index (χ0n) is 20.7. The first-order valence-electron chi connectivity index (χ1n) is 11.7. The summed E-state index contributed by atoms with van der Waals surface area (Å²) in [6, 6.07) is 8.84. The van der Waals surface area contributed by atoms with Gasteiger partial charge in [0.25, 0.3) is 0 Å². The van der Waals surface area contributed by atoms with Crippen LogP contribution in [0.1, 0.15) is 52.5 Å². The number of ether oxygens (including phenoxy) is 5. The van der Waals surface area contributed by atoms with E-state index in [-0.39, 0.29) is 44.0 Å². The predicted molar refractivity (Wildman–Crippen MR) is 124 cm³/mol. The molecule has 5 atom stereocenters. The summed E-state index contributed by atoms with van der Waals surface area (Å²) in [7, 11) is 0. The number of esters is 3. The van der Waals surface area contributed by atoms with Crippen LogP contribution < -0.4 is 5.32 Å². The molecule has 5 unspecified atom stereocenters. The van der Waals surface area contributed by atoms with E-state index in [1.165, 1.54) is 20.8 Å². The summed E-state index contributed by atoms with van der Waals surface area (Å²) in [5, 5.41) is 2.80. The SMILES string of the molecule is CC(=O)NC1C(OCCCCC(=O)OCc2ccccc2)OC(COC(C)=O)C(OC(C)=O)C1C. The second kappa shape index (κ2) is 14.4. The Bertz CT molecular complexity index is 843. The summed E-state index contributed by atoms with van der Waals surface area (Å²) in [6.07, 6.45) is -1.01. The molecule has 1 aliphatic heterocycles. The molecule has 1 heterocycles. The number of amides is 1. The molecule has 0 saturated carbocycles. The lowest BCUT2D eigenvalue weighted by Gasteiger charge is -2.44. The molecule has 1 aromatic carbocycles. The van der Waals surface area contributed by atoms with Crippen molar-refractivity contribution in [3.05, 3.63) is 35.9 Å². The number of hydrogen-bond donors (Lipinski definition) is 1. The Labute approximate surface area is 205 Å². The number of benzene rings is 1. The Balaban J connectivity index is 1.88. The minimum atomic E-state index is -0.855. The average molecular weight is 494 g/mol. The van der Waals surface area contributed by atoms with Crippen LogP contribution in [0.15, 0.2) is 30.3 Å². The molecule has 35 heavy (non-hydrogen) atoms. The zero-order valence-corrected chi connectivity index (χ0v) is 20.7. The quantitative estimate of drug-likeness (QED) is 0.265. The van der Waals surface area contributed by atoms with E-state index in [4.69, 9.17) is 23.7 Å². The van der Waals surface area contributed by atoms with Crippen LogP contribution in [0.25, 0.3) is 0 Å². The molecule has 1 saturated heterocycles. The van der Waals surface area contributed by atoms with Gasteiger partial charge in [0.15, 0.2) is 6.29 Å². The number of unbranched alkanes of at least 4 members (excludes halogenated alkanes) is 1. The molecule has 0 bridgehead atoms. The molecular formula is C25H35NO9. The minimum Gasteiger partial charge on any atom is -0.463 e. The molecule has 0 aliphatic carbocycles. The van der Waals surface area contributed by atoms with Crippen LogP contribution in [-0.2, 0) is 49.5 Å². The van der Waals surface area contributed by atoms with Gasteiger partial charge in [0.2, 0.25) is 5.91 Å². The van der Waals surface area contributed by atoms with E-state index >= 15 is 0 Å². The van der Waals surface area contributed by atoms with E-state index in [9.17, 15) is 19.2 Å². The van der Waals surface area contributed by atoms with Crippen LogP contribution in [-0.4, -0.2) is 61.6 Å². The molecule has 0 aromatic heterocycles. The van der Waals surface area contributed by atoms with Gasteiger partial charge in [-0.05, 0) is 18.4 Å². The lowest BCUT2D eigenvalue weighted by Crippen LogP contribution is -2.62. The van der Waals surface area contributed by atoms with Crippen molar-refractivity contribution >= 4 is 23.8 Å². The summed E-state index contributed by atoms with van der Waals surface area (Å²) < 4.78 is 27.6. The first-order valence-corrected chi connectivity index (χ1v) is 11.7. The van der Waals surface area contributed by atoms with Gasteiger partial charge < -0.3 is 29.0 Å². The van der Waals surface area contributed by atoms with Crippen LogP contribution in [0.3, 0.4) is 0 Å². The highest BCUT2D eigenvalue weighted by Crippen LogP contribution is 2.30. The normalized spacial score (nSPS) is 23.7. The molecule has 1 aliphatic rings. The zero-order chi connectivity index (χ0) is 25.8. The molecule has 1 fully saturated rings. The third-order valence-corrected chi connectivity index (χ3v) is 5.48. The highest BCUT2D eigenvalue weighted by Gasteiger charge is 2.46. The van der Waals surface area contributed by atoms with E-state index in [0.717, 1.165) is 5.56 Å². The van der Waals surface area contributed by atoms with Crippen molar-refractivity contribution in [2.45, 2.75) is 78.1 Å². The van der Waals surface area contributed by atoms with Crippen LogP contribution >= 0.6 is 0 Å². The third kappa shape index (κ3) is 10.0. The highest BCUT2D eigenvalue weighted by atomic mass is 16.7. The average Bonchev–Trinajstić information content (AvgIpc) is 2.80. The van der Waals surface area contributed by atoms with Crippen LogP contribution in [0, 0.1) is 5.92 Å². The van der Waals surface area contributed by atoms with Crippen molar-refractivity contribution in [3.8, 4) is 0 Å². The van der Waals surface area contributed by atoms with Gasteiger partial charge in [-0.1, -0.05) is 37.3 Å². The van der Waals surface area contributed by atoms with Crippen molar-refractivity contribution in [1.29, 1.82) is 0 Å². The van der Waals surface area contributed by atoms with Crippen molar-refractivity contribution in [2.75, 3.05) is 13.2 Å². The molecular weight excluding hydrogens is 458 g/mol. The predicted octanol–water partition coefficient (Wildman–Crippen LogP) is 2.28. The van der Waals surface area contributed by atoms with Gasteiger partial charge >= 0.3 is 17.9 Å². The van der Waals surface area contributed by atoms with Gasteiger partial charge in [-0.15, -0.1) is 0 Å². The third-order valence-electron chi connectivity index (χ3n) is 5.48. The first kappa shape index (κ1) is 28.3. The topological polar surface area (TPSA) is 126 Å². The van der Waals surface area contributed by atoms with Gasteiger partial charge in [0.05, 0.1) is 6.04 Å². The standard InChI is InChI=1S/C25H35NO9/c1-16-23(26-17(2)27)25(35-21(15-32-18(3)28)24(16)34-19(4)29)31-13-9-8-12-22(30)33-14-20-10-6-5-7-11-20/h5-7,10-11,16,21,23-25H,8-9,12-15H2,1-4H3,(H,26,27). The summed E-state index contributed by atoms with van der Waals surface area (Å²) in [5.41, 5.74) is 0.923. The first-order chi connectivity index (χ1) is 16.7. The molecule has 2 rings (SSSR count). The van der Waals surface area contributed by atoms with Crippen LogP contribution in [0.5, 0.6) is 0 Å². The number of nitrogens with one attached hydrogen (secondary N) is 1. The maximum atomic E-state index is 12.0. The fourth-order valence-electron chi connectivity index (χ4n) is 3.79. The van der Waals surface area contributed by atoms with E-state index in [2.05, 4.69) is 5.32 Å². The van der Waals surface area contributed by atoms with Gasteiger partial charge in [0, 0.05) is 39.7 Å². The van der Waals surface area contributed by atoms with Gasteiger partial charge in [-0.3, -0.25) is 19.2 Å². The van der Waals surface area contributed by atoms with Gasteiger partial charge in [-0.25, -0.2) is 0 Å². The largest absolute Gasteiger partial charge is 0.463 e. The molecule has 1 N–H and O–H groups in total. The lowest BCUT2D eigenvalue weighted by molar-refractivity contribution is -0.262. The minimum absolute atomic E-state index is 0.127. The second-order valence-electron chi connectivity index (χ2n) is 8.48. The number of carbonyl (C=O) groups excluding carboxylic acids is 4. The maximum absolute atomic E-state index is 12.0. The molecule has 10 nitrogen and oxygen atoms in total. The Kier molecular flexibility index (Phi) is 11.6. The molecule has 194 valence electrons. The number of carbonyl (C=O) groups is 4. The van der Waals surface area contributed by atoms with Crippen molar-refractivity contribution in [1.82, 2.24) is 5.32 Å². The lowest BCUT2D eigenvalue weighted by atomic mass is 9.88. The molecule has 1 amide bonds. The van der Waals surface area contributed by atoms with E-state index in [1.54, 1.807) is 6.92 Å². The fourth-order valence-corrected chi connectivity index (χ4v) is 3.79. The van der Waals surface area contributed by atoms with Gasteiger partial charge in [0.1, 0.15) is 25.4 Å². The fraction of sp³-hybridized carbons (Fsp3) is 0.600. The van der Waals surface area contributed by atoms with Crippen LogP contribution in [0.4, 0.5) is 0 Å². The summed E-state index contributed by atoms with van der Waals surface area (Å²) in [5.74, 6) is -1.98. The summed E-state index contributed by atoms with van der Waals surface area (Å²) in [4.78, 5) is 46.7. The smallest absolute Gasteiger partial charge is 0.306 e. The van der Waals surface area contributed by atoms with Crippen molar-refractivity contribution < 1.29 is 42.9 Å². The second-order valence-corrected chi connectivity index (χ2v) is 8.48. The molecule has 1 aromatic rings. The Morgan fingerprint density at radius 2 is 1.69 bits per heavy atom. The maximum Gasteiger partial charge on any atom is 0.306 e. The molecule has 0 radical (unpaired) electrons. The monoisotopic (exact) mass is 493 g/mol. The van der Waals surface area contributed by atoms with Crippen molar-refractivity contribution in [2.24, 2.45) is 5.92 Å². The van der Waals surface area contributed by atoms with E-state index < -0.39 is 36.5 Å². The Morgan fingerprint density at radius 3 is 2.31 bits per heavy atom. The highest BCUT2D eigenvalue weighted by molar-refractivity contribution is 5.73. The van der Waals surface area contributed by atoms with Crippen LogP contribution in [0.2, 0.25) is 0 Å². The molecule has 0 spiro atoms. The summed E-state index contributed by atoms with van der Waals surface area (Å²) >= 11 is 0. The number of hydrogen-bond acceptors (Lipinski definition) is 9. The van der Waals surface area contributed by atoms with E-state index in [1.807, 2.05) is 30.3 Å². The summed E-state index contributed by atoms with van der Waals surface area (Å²) in [6.45, 7) is 6.08. The Hall–Kier alpha value is -2.98. The van der Waals surface area contributed by atoms with E-state index in [0.29, 0.717) is 12.8 Å². The number of rotatable bonds is 12. The van der Waals surface area contributed by atoms with Crippen molar-refractivity contribution in [3.63, 3.8) is 0 Å². The molecule has 10 heteroatoms.